The molecule has 3 heterocycles. The van der Waals surface area contributed by atoms with Crippen molar-refractivity contribution < 1.29 is 19.3 Å². The minimum Gasteiger partial charge on any atom is -0.504 e. The highest BCUT2D eigenvalue weighted by Gasteiger charge is 2.88. The van der Waals surface area contributed by atoms with Gasteiger partial charge < -0.3 is 19.3 Å². The quantitative estimate of drug-likeness (QED) is 0.563. The molecule has 0 amide bonds. The molecule has 198 valence electrons. The predicted octanol–water partition coefficient (Wildman–Crippen LogP) is 5.34. The molecular formula is C32H41NO4. The molecule has 8 atom stereocenters. The Hall–Kier alpha value is -1.56. The van der Waals surface area contributed by atoms with Crippen LogP contribution >= 0.6 is 0 Å². The second-order valence-corrected chi connectivity index (χ2v) is 15.7. The number of benzene rings is 1. The average molecular weight is 504 g/mol. The normalized spacial score (nSPS) is 49.8. The third-order valence-electron chi connectivity index (χ3n) is 12.4. The Bertz CT molecular complexity index is 1260. The van der Waals surface area contributed by atoms with Gasteiger partial charge in [-0.1, -0.05) is 39.0 Å². The van der Waals surface area contributed by atoms with E-state index < -0.39 is 5.60 Å². The van der Waals surface area contributed by atoms with Crippen LogP contribution in [-0.2, 0) is 21.3 Å². The number of hydrogen-bond donors (Lipinski definition) is 1. The van der Waals surface area contributed by atoms with Crippen molar-refractivity contribution in [1.29, 1.82) is 0 Å². The monoisotopic (exact) mass is 503 g/mol. The zero-order valence-electron chi connectivity index (χ0n) is 22.8. The van der Waals surface area contributed by atoms with E-state index in [-0.39, 0.29) is 33.9 Å². The van der Waals surface area contributed by atoms with Gasteiger partial charge in [0.05, 0.1) is 11.0 Å². The summed E-state index contributed by atoms with van der Waals surface area (Å²) in [4.78, 5) is 2.87. The van der Waals surface area contributed by atoms with Gasteiger partial charge in [0.2, 0.25) is 0 Å². The van der Waals surface area contributed by atoms with Gasteiger partial charge in [0.1, 0.15) is 18.5 Å². The lowest BCUT2D eigenvalue weighted by Gasteiger charge is -2.69. The number of aromatic hydroxyl groups is 1. The lowest BCUT2D eigenvalue weighted by molar-refractivity contribution is -0.332. The van der Waals surface area contributed by atoms with Crippen LogP contribution in [0.5, 0.6) is 11.5 Å². The number of phenolic OH excluding ortho intramolecular Hbond substituents is 1. The van der Waals surface area contributed by atoms with Crippen molar-refractivity contribution in [2.24, 2.45) is 28.1 Å². The van der Waals surface area contributed by atoms with Crippen molar-refractivity contribution in [2.45, 2.75) is 101 Å². The molecule has 37 heavy (non-hydrogen) atoms. The van der Waals surface area contributed by atoms with Gasteiger partial charge >= 0.3 is 0 Å². The highest BCUT2D eigenvalue weighted by atomic mass is 16.7. The average Bonchev–Trinajstić information content (AvgIpc) is 3.54. The van der Waals surface area contributed by atoms with E-state index in [0.29, 0.717) is 24.0 Å². The molecule has 8 unspecified atom stereocenters. The van der Waals surface area contributed by atoms with Gasteiger partial charge in [-0.25, -0.2) is 0 Å². The Morgan fingerprint density at radius 3 is 2.76 bits per heavy atom. The van der Waals surface area contributed by atoms with Gasteiger partial charge in [-0.15, -0.1) is 0 Å². The van der Waals surface area contributed by atoms with Gasteiger partial charge in [0.15, 0.2) is 11.5 Å². The predicted molar refractivity (Wildman–Crippen MR) is 140 cm³/mol. The maximum absolute atomic E-state index is 11.1. The Morgan fingerprint density at radius 2 is 1.97 bits per heavy atom. The third-order valence-corrected chi connectivity index (χ3v) is 12.4. The van der Waals surface area contributed by atoms with Crippen molar-refractivity contribution in [2.75, 3.05) is 19.9 Å². The molecule has 0 aromatic heterocycles. The van der Waals surface area contributed by atoms with Crippen LogP contribution in [0.25, 0.3) is 0 Å². The van der Waals surface area contributed by atoms with Crippen LogP contribution in [0.15, 0.2) is 24.3 Å². The maximum Gasteiger partial charge on any atom is 0.165 e. The summed E-state index contributed by atoms with van der Waals surface area (Å²) in [6.07, 6.45) is 13.3. The second kappa shape index (κ2) is 6.26. The highest BCUT2D eigenvalue weighted by molar-refractivity contribution is 5.67. The van der Waals surface area contributed by atoms with E-state index in [0.717, 1.165) is 37.4 Å². The van der Waals surface area contributed by atoms with Crippen molar-refractivity contribution >= 4 is 0 Å². The van der Waals surface area contributed by atoms with E-state index in [1.165, 1.54) is 43.5 Å². The molecule has 2 saturated heterocycles. The van der Waals surface area contributed by atoms with Crippen molar-refractivity contribution in [3.8, 4) is 11.5 Å². The van der Waals surface area contributed by atoms with Gasteiger partial charge in [0, 0.05) is 41.4 Å². The molecule has 1 aromatic rings. The SMILES string of the molecule is CC(C)(C)CCC1(C)OCOC23C=CC4(CC12)C1N(CC2CC2)CC12Cc1ccc(O)c5c1C4(C2)C3O5. The third kappa shape index (κ3) is 2.34. The first-order valence-corrected chi connectivity index (χ1v) is 14.8. The molecule has 5 fully saturated rings. The van der Waals surface area contributed by atoms with E-state index in [4.69, 9.17) is 14.2 Å². The summed E-state index contributed by atoms with van der Waals surface area (Å²) >= 11 is 0. The fraction of sp³-hybridized carbons (Fsp3) is 0.750. The number of likely N-dealkylation sites (tertiary alicyclic amines) is 1. The van der Waals surface area contributed by atoms with Crippen LogP contribution < -0.4 is 4.74 Å². The lowest BCUT2D eigenvalue weighted by atomic mass is 9.41. The molecule has 4 bridgehead atoms. The molecule has 9 aliphatic rings. The summed E-state index contributed by atoms with van der Waals surface area (Å²) in [5.41, 5.74) is 2.41. The van der Waals surface area contributed by atoms with Crippen LogP contribution in [0.1, 0.15) is 77.3 Å². The standard InChI is InChI=1S/C32H41NO4/c1-27(2,3)9-10-28(4)22-14-30-11-12-32(22,36-18-35-28)26-31(30)16-29(17-33(25(29)30)15-19-5-6-19)13-20-7-8-21(34)24(37-26)23(20)31/h7-8,11-12,19,22,25-26,34H,5-6,9-10,13-18H2,1-4H3. The van der Waals surface area contributed by atoms with Gasteiger partial charge in [-0.05, 0) is 74.8 Å². The molecular weight excluding hydrogens is 462 g/mol. The van der Waals surface area contributed by atoms with Gasteiger partial charge in [-0.3, -0.25) is 4.90 Å². The highest BCUT2D eigenvalue weighted by Crippen LogP contribution is 2.83. The largest absolute Gasteiger partial charge is 0.504 e. The van der Waals surface area contributed by atoms with Crippen LogP contribution in [0.4, 0.5) is 0 Å². The molecule has 0 radical (unpaired) electrons. The molecule has 10 rings (SSSR count). The topological polar surface area (TPSA) is 51.2 Å². The molecule has 1 aromatic carbocycles. The van der Waals surface area contributed by atoms with Crippen LogP contribution in [-0.4, -0.2) is 53.2 Å². The molecule has 3 saturated carbocycles. The lowest BCUT2D eigenvalue weighted by Crippen LogP contribution is -2.78. The molecule has 5 heteroatoms. The zero-order valence-corrected chi connectivity index (χ0v) is 22.8. The van der Waals surface area contributed by atoms with Crippen molar-refractivity contribution in [3.63, 3.8) is 0 Å². The fourth-order valence-electron chi connectivity index (χ4n) is 11.0. The summed E-state index contributed by atoms with van der Waals surface area (Å²) < 4.78 is 20.4. The first kappa shape index (κ1) is 22.3. The fourth-order valence-corrected chi connectivity index (χ4v) is 11.0. The van der Waals surface area contributed by atoms with Gasteiger partial charge in [0.25, 0.3) is 0 Å². The molecule has 3 aliphatic heterocycles. The minimum atomic E-state index is -0.515. The second-order valence-electron chi connectivity index (χ2n) is 15.7. The number of ether oxygens (including phenoxy) is 3. The maximum atomic E-state index is 11.1. The van der Waals surface area contributed by atoms with E-state index in [2.05, 4.69) is 50.8 Å². The van der Waals surface area contributed by atoms with E-state index in [9.17, 15) is 5.11 Å². The van der Waals surface area contributed by atoms with E-state index >= 15 is 0 Å². The smallest absolute Gasteiger partial charge is 0.165 e. The number of hydrogen-bond acceptors (Lipinski definition) is 5. The molecule has 1 N–H and O–H groups in total. The first-order chi connectivity index (χ1) is 17.6. The Kier molecular flexibility index (Phi) is 3.77. The molecule has 4 spiro atoms. The van der Waals surface area contributed by atoms with Crippen molar-refractivity contribution in [1.82, 2.24) is 4.90 Å². The Morgan fingerprint density at radius 1 is 1.14 bits per heavy atom. The molecule has 6 aliphatic carbocycles. The number of phenols is 1. The van der Waals surface area contributed by atoms with Crippen LogP contribution in [0.3, 0.4) is 0 Å². The number of nitrogens with zero attached hydrogens (tertiary/aromatic N) is 1. The summed E-state index contributed by atoms with van der Waals surface area (Å²) in [5, 5.41) is 11.1. The summed E-state index contributed by atoms with van der Waals surface area (Å²) in [6.45, 7) is 12.1. The Labute approximate surface area is 220 Å². The first-order valence-electron chi connectivity index (χ1n) is 14.8. The van der Waals surface area contributed by atoms with E-state index in [1.54, 1.807) is 0 Å². The summed E-state index contributed by atoms with van der Waals surface area (Å²) in [7, 11) is 0. The minimum absolute atomic E-state index is 0.00539. The zero-order chi connectivity index (χ0) is 25.2. The Balaban J connectivity index is 1.25. The summed E-state index contributed by atoms with van der Waals surface area (Å²) in [5.74, 6) is 2.18. The van der Waals surface area contributed by atoms with Crippen LogP contribution in [0, 0.1) is 28.1 Å². The van der Waals surface area contributed by atoms with E-state index in [1.807, 2.05) is 6.07 Å². The summed E-state index contributed by atoms with van der Waals surface area (Å²) in [6, 6.07) is 4.63. The number of rotatable bonds is 4. The van der Waals surface area contributed by atoms with Crippen molar-refractivity contribution in [3.05, 3.63) is 35.4 Å². The van der Waals surface area contributed by atoms with Crippen LogP contribution in [0.2, 0.25) is 0 Å². The molecule has 5 nitrogen and oxygen atoms in total. The van der Waals surface area contributed by atoms with Gasteiger partial charge in [-0.2, -0.15) is 0 Å².